The first-order valence-electron chi connectivity index (χ1n) is 7.89. The number of nitriles is 1. The Morgan fingerprint density at radius 2 is 2.00 bits per heavy atom. The van der Waals surface area contributed by atoms with Crippen LogP contribution in [0.2, 0.25) is 0 Å². The van der Waals surface area contributed by atoms with Gasteiger partial charge in [0.1, 0.15) is 12.2 Å². The van der Waals surface area contributed by atoms with E-state index < -0.39 is 10.0 Å². The van der Waals surface area contributed by atoms with Crippen LogP contribution in [0.3, 0.4) is 0 Å². The van der Waals surface area contributed by atoms with Crippen molar-refractivity contribution < 1.29 is 13.2 Å². The summed E-state index contributed by atoms with van der Waals surface area (Å²) in [5, 5.41) is 9.02. The van der Waals surface area contributed by atoms with Gasteiger partial charge in [-0.15, -0.1) is 0 Å². The third kappa shape index (κ3) is 4.13. The van der Waals surface area contributed by atoms with E-state index in [0.717, 1.165) is 11.1 Å². The molecule has 3 rings (SSSR count). The number of hydrogen-bond donors (Lipinski definition) is 0. The average Bonchev–Trinajstić information content (AvgIpc) is 3.07. The highest BCUT2D eigenvalue weighted by Gasteiger charge is 2.33. The summed E-state index contributed by atoms with van der Waals surface area (Å²) in [6.07, 6.45) is 3.07. The van der Waals surface area contributed by atoms with Crippen LogP contribution in [0, 0.1) is 18.3 Å². The molecular formula is C17H18N4O3S. The molecule has 0 N–H and O–H groups in total. The van der Waals surface area contributed by atoms with Gasteiger partial charge >= 0.3 is 0 Å². The lowest BCUT2D eigenvalue weighted by Gasteiger charge is -2.17. The van der Waals surface area contributed by atoms with Crippen molar-refractivity contribution in [1.82, 2.24) is 14.3 Å². The Labute approximate surface area is 147 Å². The molecule has 0 spiro atoms. The van der Waals surface area contributed by atoms with Gasteiger partial charge in [0, 0.05) is 18.9 Å². The second kappa shape index (κ2) is 7.17. The van der Waals surface area contributed by atoms with Crippen LogP contribution in [0.25, 0.3) is 0 Å². The Bertz CT molecular complexity index is 891. The van der Waals surface area contributed by atoms with Crippen LogP contribution >= 0.6 is 0 Å². The van der Waals surface area contributed by atoms with E-state index in [1.165, 1.54) is 16.7 Å². The summed E-state index contributed by atoms with van der Waals surface area (Å²) in [5.74, 6) is 0.113. The first-order chi connectivity index (χ1) is 12.0. The molecule has 0 radical (unpaired) electrons. The lowest BCUT2D eigenvalue weighted by molar-refractivity contribution is 0.205. The maximum atomic E-state index is 12.6. The monoisotopic (exact) mass is 358 g/mol. The number of nitrogens with zero attached hydrogens (tertiary/aromatic N) is 4. The van der Waals surface area contributed by atoms with Crippen molar-refractivity contribution in [3.05, 3.63) is 53.5 Å². The highest BCUT2D eigenvalue weighted by Crippen LogP contribution is 2.22. The molecule has 1 aliphatic heterocycles. The topological polar surface area (TPSA) is 96.2 Å². The molecule has 1 fully saturated rings. The summed E-state index contributed by atoms with van der Waals surface area (Å²) in [4.78, 5) is 7.89. The molecule has 2 heterocycles. The summed E-state index contributed by atoms with van der Waals surface area (Å²) in [5.41, 5.74) is 1.95. The Hall–Kier alpha value is -2.50. The van der Waals surface area contributed by atoms with Gasteiger partial charge < -0.3 is 4.74 Å². The predicted molar refractivity (Wildman–Crippen MR) is 91.2 cm³/mol. The minimum atomic E-state index is -3.41. The van der Waals surface area contributed by atoms with Crippen LogP contribution in [-0.2, 0) is 15.8 Å². The first-order valence-corrected chi connectivity index (χ1v) is 9.50. The van der Waals surface area contributed by atoms with E-state index in [4.69, 9.17) is 10.00 Å². The molecular weight excluding hydrogens is 340 g/mol. The lowest BCUT2D eigenvalue weighted by Crippen LogP contribution is -2.32. The van der Waals surface area contributed by atoms with E-state index in [9.17, 15) is 8.42 Å². The second-order valence-electron chi connectivity index (χ2n) is 5.95. The van der Waals surface area contributed by atoms with E-state index in [0.29, 0.717) is 13.0 Å². The van der Waals surface area contributed by atoms with Gasteiger partial charge in [0.25, 0.3) is 5.88 Å². The van der Waals surface area contributed by atoms with Gasteiger partial charge in [-0.05, 0) is 18.9 Å². The van der Waals surface area contributed by atoms with Crippen LogP contribution in [0.1, 0.15) is 23.2 Å². The number of rotatable bonds is 5. The summed E-state index contributed by atoms with van der Waals surface area (Å²) >= 11 is 0. The molecule has 1 saturated heterocycles. The zero-order valence-electron chi connectivity index (χ0n) is 13.8. The normalized spacial score (nSPS) is 18.0. The van der Waals surface area contributed by atoms with Crippen LogP contribution < -0.4 is 4.74 Å². The van der Waals surface area contributed by atoms with E-state index in [-0.39, 0.29) is 30.0 Å². The van der Waals surface area contributed by atoms with Gasteiger partial charge in [-0.3, -0.25) is 0 Å². The number of hydrogen-bond acceptors (Lipinski definition) is 6. The molecule has 0 aliphatic carbocycles. The smallest absolute Gasteiger partial charge is 0.251 e. The highest BCUT2D eigenvalue weighted by atomic mass is 32.2. The van der Waals surface area contributed by atoms with E-state index in [1.807, 2.05) is 37.3 Å². The molecule has 0 saturated carbocycles. The molecule has 7 nitrogen and oxygen atoms in total. The molecule has 2 aromatic rings. The van der Waals surface area contributed by atoms with Gasteiger partial charge in [-0.1, -0.05) is 29.8 Å². The molecule has 0 bridgehead atoms. The van der Waals surface area contributed by atoms with Crippen molar-refractivity contribution in [3.63, 3.8) is 0 Å². The van der Waals surface area contributed by atoms with Crippen LogP contribution in [0.15, 0.2) is 36.7 Å². The molecule has 1 unspecified atom stereocenters. The Morgan fingerprint density at radius 3 is 2.72 bits per heavy atom. The Morgan fingerprint density at radius 1 is 1.28 bits per heavy atom. The number of sulfonamides is 1. The fraction of sp³-hybridized carbons (Fsp3) is 0.353. The highest BCUT2D eigenvalue weighted by molar-refractivity contribution is 7.88. The molecule has 1 atom stereocenters. The van der Waals surface area contributed by atoms with Crippen molar-refractivity contribution >= 4 is 10.0 Å². The second-order valence-corrected chi connectivity index (χ2v) is 7.92. The minimum absolute atomic E-state index is 0.0331. The summed E-state index contributed by atoms with van der Waals surface area (Å²) in [6.45, 7) is 2.60. The number of ether oxygens (including phenoxy) is 1. The fourth-order valence-corrected chi connectivity index (χ4v) is 4.25. The third-order valence-electron chi connectivity index (χ3n) is 4.02. The summed E-state index contributed by atoms with van der Waals surface area (Å²) in [7, 11) is -3.41. The van der Waals surface area contributed by atoms with Crippen molar-refractivity contribution in [3.8, 4) is 11.9 Å². The van der Waals surface area contributed by atoms with Crippen LogP contribution in [-0.4, -0.2) is 41.9 Å². The van der Waals surface area contributed by atoms with E-state index in [1.54, 1.807) is 0 Å². The minimum Gasteiger partial charge on any atom is -0.471 e. The van der Waals surface area contributed by atoms with Gasteiger partial charge in [-0.25, -0.2) is 18.4 Å². The average molecular weight is 358 g/mol. The SMILES string of the molecule is Cc1ccc(CS(=O)(=O)N2CCC(Oc3nccnc3C#N)C2)cc1. The van der Waals surface area contributed by atoms with Crippen molar-refractivity contribution in [2.24, 2.45) is 0 Å². The zero-order valence-corrected chi connectivity index (χ0v) is 14.6. The number of aromatic nitrogens is 2. The molecule has 1 aliphatic rings. The van der Waals surface area contributed by atoms with Crippen LogP contribution in [0.5, 0.6) is 5.88 Å². The van der Waals surface area contributed by atoms with E-state index >= 15 is 0 Å². The zero-order chi connectivity index (χ0) is 17.9. The van der Waals surface area contributed by atoms with Crippen molar-refractivity contribution in [2.45, 2.75) is 25.2 Å². The third-order valence-corrected chi connectivity index (χ3v) is 5.84. The molecule has 8 heteroatoms. The standard InChI is InChI=1S/C17H18N4O3S/c1-13-2-4-14(5-3-13)12-25(22,23)21-9-6-15(11-21)24-17-16(10-18)19-7-8-20-17/h2-5,7-8,15H,6,9,11-12H2,1H3. The fourth-order valence-electron chi connectivity index (χ4n) is 2.68. The molecule has 25 heavy (non-hydrogen) atoms. The quantitative estimate of drug-likeness (QED) is 0.806. The Kier molecular flexibility index (Phi) is 4.97. The van der Waals surface area contributed by atoms with Crippen molar-refractivity contribution in [1.29, 1.82) is 5.26 Å². The molecule has 1 aromatic heterocycles. The Balaban J connectivity index is 1.65. The van der Waals surface area contributed by atoms with E-state index in [2.05, 4.69) is 9.97 Å². The van der Waals surface area contributed by atoms with Gasteiger partial charge in [0.2, 0.25) is 15.7 Å². The maximum absolute atomic E-state index is 12.6. The summed E-state index contributed by atoms with van der Waals surface area (Å²) < 4.78 is 32.3. The summed E-state index contributed by atoms with van der Waals surface area (Å²) in [6, 6.07) is 9.38. The number of aryl methyl sites for hydroxylation is 1. The molecule has 1 aromatic carbocycles. The number of benzene rings is 1. The van der Waals surface area contributed by atoms with Gasteiger partial charge in [0.05, 0.1) is 12.3 Å². The van der Waals surface area contributed by atoms with Crippen LogP contribution in [0.4, 0.5) is 0 Å². The molecule has 0 amide bonds. The lowest BCUT2D eigenvalue weighted by atomic mass is 10.2. The van der Waals surface area contributed by atoms with Crippen molar-refractivity contribution in [2.75, 3.05) is 13.1 Å². The largest absolute Gasteiger partial charge is 0.471 e. The van der Waals surface area contributed by atoms with Gasteiger partial charge in [0.15, 0.2) is 0 Å². The predicted octanol–water partition coefficient (Wildman–Crippen LogP) is 1.64. The molecule has 130 valence electrons. The maximum Gasteiger partial charge on any atom is 0.251 e. The van der Waals surface area contributed by atoms with Gasteiger partial charge in [-0.2, -0.15) is 9.57 Å². The first kappa shape index (κ1) is 17.3.